The molecule has 0 saturated heterocycles. The zero-order valence-electron chi connectivity index (χ0n) is 13.0. The van der Waals surface area contributed by atoms with Crippen molar-refractivity contribution >= 4 is 40.6 Å². The molecule has 1 amide bonds. The second-order valence-electron chi connectivity index (χ2n) is 4.97. The molecule has 0 aliphatic carbocycles. The summed E-state index contributed by atoms with van der Waals surface area (Å²) in [7, 11) is 0. The number of para-hydroxylation sites is 1. The first-order valence-electron chi connectivity index (χ1n) is 7.00. The minimum atomic E-state index is -1.09. The van der Waals surface area contributed by atoms with Crippen molar-refractivity contribution in [1.82, 2.24) is 5.32 Å². The molecule has 0 aromatic heterocycles. The average Bonchev–Trinajstić information content (AvgIpc) is 2.56. The van der Waals surface area contributed by atoms with Gasteiger partial charge in [-0.05, 0) is 42.9 Å². The van der Waals surface area contributed by atoms with E-state index in [2.05, 4.69) is 10.6 Å². The Bertz CT molecular complexity index is 882. The molecule has 0 heterocycles. The molecule has 2 rings (SSSR count). The van der Waals surface area contributed by atoms with Gasteiger partial charge in [0.1, 0.15) is 5.56 Å². The summed E-state index contributed by atoms with van der Waals surface area (Å²) >= 11 is 5.03. The van der Waals surface area contributed by atoms with E-state index in [0.29, 0.717) is 11.3 Å². The quantitative estimate of drug-likeness (QED) is 0.436. The van der Waals surface area contributed by atoms with E-state index in [1.807, 2.05) is 0 Å². The van der Waals surface area contributed by atoms with Crippen LogP contribution in [0.1, 0.15) is 26.3 Å². The van der Waals surface area contributed by atoms with Crippen LogP contribution in [0, 0.1) is 17.0 Å². The number of hydrogen-bond acceptors (Lipinski definition) is 5. The number of amides is 1. The molecule has 0 saturated carbocycles. The number of hydrogen-bond donors (Lipinski definition) is 3. The normalized spacial score (nSPS) is 9.96. The molecule has 128 valence electrons. The minimum absolute atomic E-state index is 0.0952. The minimum Gasteiger partial charge on any atom is -0.478 e. The number of thiocarbonyl (C=S) groups is 1. The van der Waals surface area contributed by atoms with Crippen molar-refractivity contribution in [1.29, 1.82) is 0 Å². The van der Waals surface area contributed by atoms with Gasteiger partial charge in [0.2, 0.25) is 0 Å². The summed E-state index contributed by atoms with van der Waals surface area (Å²) in [5.41, 5.74) is 0.474. The molecular weight excluding hydrogens is 346 g/mol. The second-order valence-corrected chi connectivity index (χ2v) is 5.37. The molecule has 0 unspecified atom stereocenters. The van der Waals surface area contributed by atoms with E-state index in [1.54, 1.807) is 13.0 Å². The Morgan fingerprint density at radius 3 is 2.40 bits per heavy atom. The third-order valence-electron chi connectivity index (χ3n) is 3.38. The maximum Gasteiger partial charge on any atom is 0.336 e. The largest absolute Gasteiger partial charge is 0.478 e. The van der Waals surface area contributed by atoms with Crippen LogP contribution in [0.2, 0.25) is 0 Å². The van der Waals surface area contributed by atoms with Crippen molar-refractivity contribution in [2.75, 3.05) is 5.32 Å². The molecule has 0 aliphatic heterocycles. The van der Waals surface area contributed by atoms with E-state index in [0.717, 1.165) is 0 Å². The Morgan fingerprint density at radius 1 is 1.12 bits per heavy atom. The molecule has 3 N–H and O–H groups in total. The number of carbonyl (C=O) groups is 2. The van der Waals surface area contributed by atoms with Crippen molar-refractivity contribution < 1.29 is 19.6 Å². The summed E-state index contributed by atoms with van der Waals surface area (Å²) in [6, 6.07) is 10.1. The lowest BCUT2D eigenvalue weighted by atomic mass is 10.1. The van der Waals surface area contributed by atoms with Crippen LogP contribution in [0.5, 0.6) is 0 Å². The standard InChI is InChI=1S/C16H13N3O5S/c1-9-10(15(21)22)6-4-7-12(9)17-16(25)18-14(20)11-5-2-3-8-13(11)19(23)24/h2-8H,1H3,(H,21,22)(H2,17,18,20,25). The fraction of sp³-hybridized carbons (Fsp3) is 0.0625. The zero-order chi connectivity index (χ0) is 18.6. The number of anilines is 1. The first-order valence-corrected chi connectivity index (χ1v) is 7.40. The van der Waals surface area contributed by atoms with E-state index < -0.39 is 16.8 Å². The molecule has 8 nitrogen and oxygen atoms in total. The average molecular weight is 359 g/mol. The number of benzene rings is 2. The van der Waals surface area contributed by atoms with E-state index in [9.17, 15) is 19.7 Å². The monoisotopic (exact) mass is 359 g/mol. The maximum absolute atomic E-state index is 12.2. The lowest BCUT2D eigenvalue weighted by Crippen LogP contribution is -2.34. The Balaban J connectivity index is 2.16. The van der Waals surface area contributed by atoms with E-state index in [1.165, 1.54) is 36.4 Å². The molecule has 0 radical (unpaired) electrons. The molecular formula is C16H13N3O5S. The third-order valence-corrected chi connectivity index (χ3v) is 3.59. The van der Waals surface area contributed by atoms with Crippen LogP contribution in [-0.4, -0.2) is 27.0 Å². The highest BCUT2D eigenvalue weighted by atomic mass is 32.1. The van der Waals surface area contributed by atoms with Crippen LogP contribution >= 0.6 is 12.2 Å². The van der Waals surface area contributed by atoms with Crippen LogP contribution in [0.25, 0.3) is 0 Å². The number of carboxylic acids is 1. The number of rotatable bonds is 4. The van der Waals surface area contributed by atoms with E-state index >= 15 is 0 Å². The molecule has 0 atom stereocenters. The van der Waals surface area contributed by atoms with Crippen molar-refractivity contribution in [2.24, 2.45) is 0 Å². The first kappa shape index (κ1) is 18.0. The molecule has 2 aromatic carbocycles. The van der Waals surface area contributed by atoms with Gasteiger partial charge in [0, 0.05) is 11.8 Å². The molecule has 9 heteroatoms. The molecule has 0 bridgehead atoms. The summed E-state index contributed by atoms with van der Waals surface area (Å²) in [4.78, 5) is 33.6. The van der Waals surface area contributed by atoms with Crippen LogP contribution in [0.3, 0.4) is 0 Å². The topological polar surface area (TPSA) is 122 Å². The fourth-order valence-electron chi connectivity index (χ4n) is 2.15. The highest BCUT2D eigenvalue weighted by Gasteiger charge is 2.20. The lowest BCUT2D eigenvalue weighted by molar-refractivity contribution is -0.385. The summed E-state index contributed by atoms with van der Waals surface area (Å²) in [5, 5.41) is 25.0. The van der Waals surface area contributed by atoms with Crippen molar-refractivity contribution in [3.63, 3.8) is 0 Å². The summed E-state index contributed by atoms with van der Waals surface area (Å²) < 4.78 is 0. The number of nitrogens with one attached hydrogen (secondary N) is 2. The van der Waals surface area contributed by atoms with Gasteiger partial charge < -0.3 is 10.4 Å². The number of carboxylic acid groups (broad SMARTS) is 1. The summed E-state index contributed by atoms with van der Waals surface area (Å²) in [6.07, 6.45) is 0. The molecule has 2 aromatic rings. The Kier molecular flexibility index (Phi) is 5.40. The van der Waals surface area contributed by atoms with Gasteiger partial charge in [-0.3, -0.25) is 20.2 Å². The van der Waals surface area contributed by atoms with Crippen LogP contribution in [0.4, 0.5) is 11.4 Å². The summed E-state index contributed by atoms with van der Waals surface area (Å²) in [6.45, 7) is 1.60. The number of nitro benzene ring substituents is 1. The Labute approximate surface area is 147 Å². The maximum atomic E-state index is 12.2. The van der Waals surface area contributed by atoms with Gasteiger partial charge in [-0.15, -0.1) is 0 Å². The van der Waals surface area contributed by atoms with Crippen LogP contribution in [0.15, 0.2) is 42.5 Å². The first-order chi connectivity index (χ1) is 11.8. The van der Waals surface area contributed by atoms with Gasteiger partial charge in [-0.2, -0.15) is 0 Å². The third kappa shape index (κ3) is 4.15. The number of nitro groups is 1. The van der Waals surface area contributed by atoms with Gasteiger partial charge in [0.25, 0.3) is 11.6 Å². The highest BCUT2D eigenvalue weighted by molar-refractivity contribution is 7.80. The van der Waals surface area contributed by atoms with Crippen molar-refractivity contribution in [3.05, 3.63) is 69.3 Å². The Hall–Kier alpha value is -3.33. The van der Waals surface area contributed by atoms with Crippen molar-refractivity contribution in [3.8, 4) is 0 Å². The number of nitrogens with zero attached hydrogens (tertiary/aromatic N) is 1. The van der Waals surface area contributed by atoms with Gasteiger partial charge in [0.05, 0.1) is 10.5 Å². The molecule has 25 heavy (non-hydrogen) atoms. The molecule has 0 spiro atoms. The molecule has 0 aliphatic rings. The molecule has 0 fully saturated rings. The number of carbonyl (C=O) groups excluding carboxylic acids is 1. The highest BCUT2D eigenvalue weighted by Crippen LogP contribution is 2.20. The zero-order valence-corrected chi connectivity index (χ0v) is 13.8. The van der Waals surface area contributed by atoms with E-state index in [4.69, 9.17) is 17.3 Å². The lowest BCUT2D eigenvalue weighted by Gasteiger charge is -2.13. The predicted octanol–water partition coefficient (Wildman–Crippen LogP) is 2.73. The SMILES string of the molecule is Cc1c(NC(=S)NC(=O)c2ccccc2[N+](=O)[O-])cccc1C(=O)O. The van der Waals surface area contributed by atoms with Crippen LogP contribution in [-0.2, 0) is 0 Å². The number of aromatic carboxylic acids is 1. The van der Waals surface area contributed by atoms with Gasteiger partial charge >= 0.3 is 5.97 Å². The van der Waals surface area contributed by atoms with E-state index in [-0.39, 0.29) is 21.9 Å². The summed E-state index contributed by atoms with van der Waals surface area (Å²) in [5.74, 6) is -1.83. The van der Waals surface area contributed by atoms with Crippen molar-refractivity contribution in [2.45, 2.75) is 6.92 Å². The Morgan fingerprint density at radius 2 is 1.76 bits per heavy atom. The second kappa shape index (κ2) is 7.49. The van der Waals surface area contributed by atoms with Gasteiger partial charge in [-0.1, -0.05) is 18.2 Å². The smallest absolute Gasteiger partial charge is 0.336 e. The predicted molar refractivity (Wildman–Crippen MR) is 94.9 cm³/mol. The van der Waals surface area contributed by atoms with Gasteiger partial charge in [0.15, 0.2) is 5.11 Å². The van der Waals surface area contributed by atoms with Crippen LogP contribution < -0.4 is 10.6 Å². The van der Waals surface area contributed by atoms with Gasteiger partial charge in [-0.25, -0.2) is 4.79 Å². The fourth-order valence-corrected chi connectivity index (χ4v) is 2.35.